The maximum atomic E-state index is 6.09. The maximum Gasteiger partial charge on any atom is 0.0593 e. The average Bonchev–Trinajstić information content (AvgIpc) is 2.78. The number of nitrogens with zero attached hydrogens (tertiary/aromatic N) is 2. The Morgan fingerprint density at radius 1 is 1.37 bits per heavy atom. The van der Waals surface area contributed by atoms with Gasteiger partial charge in [0.25, 0.3) is 0 Å². The summed E-state index contributed by atoms with van der Waals surface area (Å²) in [5.41, 5.74) is 10.8. The van der Waals surface area contributed by atoms with Gasteiger partial charge in [-0.25, -0.2) is 0 Å². The fourth-order valence-corrected chi connectivity index (χ4v) is 2.85. The summed E-state index contributed by atoms with van der Waals surface area (Å²) in [7, 11) is 0. The Labute approximate surface area is 117 Å². The monoisotopic (exact) mass is 261 g/mol. The van der Waals surface area contributed by atoms with Crippen molar-refractivity contribution < 1.29 is 0 Å². The summed E-state index contributed by atoms with van der Waals surface area (Å²) < 4.78 is 0. The molecule has 0 bridgehead atoms. The van der Waals surface area contributed by atoms with Crippen LogP contribution in [0.3, 0.4) is 0 Å². The van der Waals surface area contributed by atoms with Crippen molar-refractivity contribution in [2.75, 3.05) is 18.8 Å². The molecular formula is C16H27N3. The Morgan fingerprint density at radius 3 is 2.63 bits per heavy atom. The predicted octanol–water partition coefficient (Wildman–Crippen LogP) is 3.15. The minimum atomic E-state index is 0.406. The van der Waals surface area contributed by atoms with Crippen molar-refractivity contribution in [3.05, 3.63) is 23.0 Å². The van der Waals surface area contributed by atoms with Crippen LogP contribution in [0.25, 0.3) is 0 Å². The second-order valence-electron chi connectivity index (χ2n) is 7.01. The summed E-state index contributed by atoms with van der Waals surface area (Å²) in [6.07, 6.45) is 3.19. The van der Waals surface area contributed by atoms with Crippen LogP contribution in [0.1, 0.15) is 44.0 Å². The van der Waals surface area contributed by atoms with Gasteiger partial charge in [0.1, 0.15) is 0 Å². The molecule has 3 heteroatoms. The number of aromatic nitrogens is 1. The molecule has 0 aliphatic carbocycles. The second kappa shape index (κ2) is 5.12. The fourth-order valence-electron chi connectivity index (χ4n) is 2.85. The van der Waals surface area contributed by atoms with Crippen LogP contribution in [-0.2, 0) is 6.54 Å². The molecule has 3 nitrogen and oxygen atoms in total. The van der Waals surface area contributed by atoms with Gasteiger partial charge in [0, 0.05) is 25.0 Å². The zero-order valence-corrected chi connectivity index (χ0v) is 13.0. The van der Waals surface area contributed by atoms with Crippen LogP contribution in [-0.4, -0.2) is 23.0 Å². The van der Waals surface area contributed by atoms with Crippen molar-refractivity contribution in [2.24, 2.45) is 11.3 Å². The Bertz CT molecular complexity index is 460. The Morgan fingerprint density at radius 2 is 2.05 bits per heavy atom. The van der Waals surface area contributed by atoms with E-state index in [2.05, 4.69) is 37.6 Å². The summed E-state index contributed by atoms with van der Waals surface area (Å²) in [6, 6.07) is 0. The van der Waals surface area contributed by atoms with Gasteiger partial charge < -0.3 is 5.73 Å². The number of hydrogen-bond donors (Lipinski definition) is 1. The molecule has 0 aromatic carbocycles. The number of hydrogen-bond acceptors (Lipinski definition) is 3. The summed E-state index contributed by atoms with van der Waals surface area (Å²) in [4.78, 5) is 7.08. The van der Waals surface area contributed by atoms with Gasteiger partial charge in [0.15, 0.2) is 0 Å². The van der Waals surface area contributed by atoms with E-state index in [1.165, 1.54) is 19.5 Å². The standard InChI is InChI=1S/C16H27N3/c1-11-8-18-14(12(2)15(11)17)10-19-7-6-13(9-19)16(3,4)5/h8,13H,6-7,9-10H2,1-5H3,(H2,17,18). The Hall–Kier alpha value is -1.09. The predicted molar refractivity (Wildman–Crippen MR) is 81.0 cm³/mol. The second-order valence-corrected chi connectivity index (χ2v) is 7.01. The molecule has 2 N–H and O–H groups in total. The van der Waals surface area contributed by atoms with E-state index in [4.69, 9.17) is 5.73 Å². The van der Waals surface area contributed by atoms with Crippen molar-refractivity contribution in [3.8, 4) is 0 Å². The molecule has 0 saturated carbocycles. The van der Waals surface area contributed by atoms with Crippen molar-refractivity contribution in [3.63, 3.8) is 0 Å². The molecular weight excluding hydrogens is 234 g/mol. The molecule has 1 aromatic rings. The average molecular weight is 261 g/mol. The summed E-state index contributed by atoms with van der Waals surface area (Å²) in [5, 5.41) is 0. The van der Waals surface area contributed by atoms with Gasteiger partial charge in [-0.05, 0) is 49.3 Å². The van der Waals surface area contributed by atoms with Gasteiger partial charge in [0.2, 0.25) is 0 Å². The highest BCUT2D eigenvalue weighted by Crippen LogP contribution is 2.34. The number of nitrogens with two attached hydrogens (primary N) is 1. The van der Waals surface area contributed by atoms with E-state index in [9.17, 15) is 0 Å². The van der Waals surface area contributed by atoms with E-state index in [-0.39, 0.29) is 0 Å². The Kier molecular flexibility index (Phi) is 3.86. The fraction of sp³-hybridized carbons (Fsp3) is 0.688. The van der Waals surface area contributed by atoms with Gasteiger partial charge in [0.05, 0.1) is 5.69 Å². The van der Waals surface area contributed by atoms with E-state index in [1.807, 2.05) is 13.1 Å². The van der Waals surface area contributed by atoms with Crippen molar-refractivity contribution in [1.82, 2.24) is 9.88 Å². The lowest BCUT2D eigenvalue weighted by Crippen LogP contribution is -2.26. The van der Waals surface area contributed by atoms with Crippen LogP contribution in [0.5, 0.6) is 0 Å². The number of aryl methyl sites for hydroxylation is 1. The van der Waals surface area contributed by atoms with Crippen molar-refractivity contribution in [1.29, 1.82) is 0 Å². The minimum Gasteiger partial charge on any atom is -0.398 e. The molecule has 19 heavy (non-hydrogen) atoms. The zero-order valence-electron chi connectivity index (χ0n) is 13.0. The van der Waals surface area contributed by atoms with E-state index >= 15 is 0 Å². The van der Waals surface area contributed by atoms with Crippen molar-refractivity contribution >= 4 is 5.69 Å². The molecule has 0 radical (unpaired) electrons. The first-order valence-corrected chi connectivity index (χ1v) is 7.22. The molecule has 1 aliphatic heterocycles. The van der Waals surface area contributed by atoms with E-state index < -0.39 is 0 Å². The number of rotatable bonds is 2. The Balaban J connectivity index is 2.06. The van der Waals surface area contributed by atoms with Crippen LogP contribution in [0.4, 0.5) is 5.69 Å². The molecule has 0 amide bonds. The molecule has 1 unspecified atom stereocenters. The summed E-state index contributed by atoms with van der Waals surface area (Å²) in [6.45, 7) is 14.4. The third-order valence-electron chi connectivity index (χ3n) is 4.55. The van der Waals surface area contributed by atoms with Crippen LogP contribution >= 0.6 is 0 Å². The minimum absolute atomic E-state index is 0.406. The smallest absolute Gasteiger partial charge is 0.0593 e. The van der Waals surface area contributed by atoms with E-state index in [0.717, 1.165) is 35.0 Å². The molecule has 0 spiro atoms. The molecule has 1 atom stereocenters. The molecule has 1 saturated heterocycles. The third kappa shape index (κ3) is 3.08. The van der Waals surface area contributed by atoms with E-state index in [0.29, 0.717) is 5.41 Å². The first-order chi connectivity index (χ1) is 8.79. The highest BCUT2D eigenvalue weighted by molar-refractivity contribution is 5.53. The van der Waals surface area contributed by atoms with Crippen LogP contribution < -0.4 is 5.73 Å². The maximum absolute atomic E-state index is 6.09. The highest BCUT2D eigenvalue weighted by atomic mass is 15.2. The number of nitrogen functional groups attached to an aromatic ring is 1. The molecule has 1 aromatic heterocycles. The van der Waals surface area contributed by atoms with E-state index in [1.54, 1.807) is 0 Å². The first kappa shape index (κ1) is 14.3. The SMILES string of the molecule is Cc1cnc(CN2CCC(C(C)(C)C)C2)c(C)c1N. The summed E-state index contributed by atoms with van der Waals surface area (Å²) >= 11 is 0. The molecule has 1 aliphatic rings. The zero-order chi connectivity index (χ0) is 14.2. The lowest BCUT2D eigenvalue weighted by atomic mass is 9.80. The van der Waals surface area contributed by atoms with Crippen LogP contribution in [0.2, 0.25) is 0 Å². The normalized spacial score (nSPS) is 21.0. The number of likely N-dealkylation sites (tertiary alicyclic amines) is 1. The lowest BCUT2D eigenvalue weighted by molar-refractivity contribution is 0.225. The summed E-state index contributed by atoms with van der Waals surface area (Å²) in [5.74, 6) is 0.788. The van der Waals surface area contributed by atoms with Crippen LogP contribution in [0.15, 0.2) is 6.20 Å². The highest BCUT2D eigenvalue weighted by Gasteiger charge is 2.31. The quantitative estimate of drug-likeness (QED) is 0.889. The van der Waals surface area contributed by atoms with Gasteiger partial charge in [-0.2, -0.15) is 0 Å². The number of pyridine rings is 1. The first-order valence-electron chi connectivity index (χ1n) is 7.22. The molecule has 106 valence electrons. The van der Waals surface area contributed by atoms with Gasteiger partial charge in [-0.15, -0.1) is 0 Å². The third-order valence-corrected chi connectivity index (χ3v) is 4.55. The van der Waals surface area contributed by atoms with Gasteiger partial charge >= 0.3 is 0 Å². The molecule has 1 fully saturated rings. The van der Waals surface area contributed by atoms with Gasteiger partial charge in [-0.1, -0.05) is 20.8 Å². The molecule has 2 heterocycles. The van der Waals surface area contributed by atoms with Crippen molar-refractivity contribution in [2.45, 2.75) is 47.6 Å². The van der Waals surface area contributed by atoms with Crippen LogP contribution in [0, 0.1) is 25.2 Å². The largest absolute Gasteiger partial charge is 0.398 e. The molecule has 2 rings (SSSR count). The van der Waals surface area contributed by atoms with Gasteiger partial charge in [-0.3, -0.25) is 9.88 Å². The topological polar surface area (TPSA) is 42.2 Å². The number of anilines is 1. The lowest BCUT2D eigenvalue weighted by Gasteiger charge is -2.27.